The van der Waals surface area contributed by atoms with E-state index in [9.17, 15) is 33.6 Å². The van der Waals surface area contributed by atoms with E-state index in [4.69, 9.17) is 15.2 Å². The molecule has 0 saturated carbocycles. The number of hydrogen-bond donors (Lipinski definition) is 6. The molecular weight excluding hydrogens is 907 g/mol. The number of carbonyl (C=O) groups excluding carboxylic acids is 7. The summed E-state index contributed by atoms with van der Waals surface area (Å²) in [5.74, 6) is -2.64. The fourth-order valence-corrected chi connectivity index (χ4v) is 9.64. The molecule has 71 heavy (non-hydrogen) atoms. The van der Waals surface area contributed by atoms with E-state index in [1.807, 2.05) is 90.9 Å². The van der Waals surface area contributed by atoms with E-state index >= 15 is 0 Å². The molecule has 0 aliphatic carbocycles. The molecule has 1 aliphatic rings. The van der Waals surface area contributed by atoms with Gasteiger partial charge in [0.15, 0.2) is 0 Å². The van der Waals surface area contributed by atoms with Crippen LogP contribution in [0.2, 0.25) is 0 Å². The summed E-state index contributed by atoms with van der Waals surface area (Å²) in [6.45, 7) is 14.6. The Hall–Kier alpha value is -5.59. The largest absolute Gasteiger partial charge is 0.379 e. The van der Waals surface area contributed by atoms with Gasteiger partial charge < -0.3 is 51.6 Å². The maximum Gasteiger partial charge on any atom is 0.312 e. The number of likely N-dealkylation sites (tertiary alicyclic amines) is 1. The zero-order valence-corrected chi connectivity index (χ0v) is 44.4. The van der Waals surface area contributed by atoms with Crippen LogP contribution < -0.4 is 32.3 Å². The number of nitrogens with one attached hydrogen (secondary N) is 5. The molecule has 8 amide bonds. The first-order valence-corrected chi connectivity index (χ1v) is 25.3. The van der Waals surface area contributed by atoms with Gasteiger partial charge in [0.1, 0.15) is 12.1 Å². The molecule has 18 nitrogen and oxygen atoms in total. The van der Waals surface area contributed by atoms with Gasteiger partial charge in [0, 0.05) is 59.4 Å². The Labute approximate surface area is 422 Å². The molecule has 0 aromatic heterocycles. The Balaban J connectivity index is 1.73. The Morgan fingerprint density at radius 3 is 2.01 bits per heavy atom. The maximum absolute atomic E-state index is 14.5. The molecule has 1 heterocycles. The van der Waals surface area contributed by atoms with Gasteiger partial charge in [-0.2, -0.15) is 0 Å². The number of ether oxygens (including phenoxy) is 2. The van der Waals surface area contributed by atoms with Crippen LogP contribution in [0.5, 0.6) is 0 Å². The summed E-state index contributed by atoms with van der Waals surface area (Å²) < 4.78 is 12.1. The third-order valence-electron chi connectivity index (χ3n) is 13.7. The lowest BCUT2D eigenvalue weighted by Crippen LogP contribution is -2.59. The molecule has 0 bridgehead atoms. The molecule has 2 aromatic carbocycles. The highest BCUT2D eigenvalue weighted by molar-refractivity contribution is 5.92. The highest BCUT2D eigenvalue weighted by Crippen LogP contribution is 2.30. The summed E-state index contributed by atoms with van der Waals surface area (Å²) >= 11 is 0. The Morgan fingerprint density at radius 2 is 1.45 bits per heavy atom. The minimum Gasteiger partial charge on any atom is -0.379 e. The minimum absolute atomic E-state index is 0.0188. The van der Waals surface area contributed by atoms with Gasteiger partial charge in [-0.15, -0.1) is 0 Å². The monoisotopic (exact) mass is 992 g/mol. The summed E-state index contributed by atoms with van der Waals surface area (Å²) in [5.41, 5.74) is 7.31. The van der Waals surface area contributed by atoms with Crippen molar-refractivity contribution in [1.82, 2.24) is 36.0 Å². The molecule has 2 aromatic rings. The van der Waals surface area contributed by atoms with Crippen LogP contribution in [0.4, 0.5) is 10.5 Å². The molecule has 1 fully saturated rings. The van der Waals surface area contributed by atoms with Crippen LogP contribution in [0.15, 0.2) is 54.6 Å². The first kappa shape index (κ1) is 59.7. The summed E-state index contributed by atoms with van der Waals surface area (Å²) in [4.78, 5) is 99.1. The first-order chi connectivity index (χ1) is 33.6. The summed E-state index contributed by atoms with van der Waals surface area (Å²) in [6, 6.07) is 12.8. The number of methoxy groups -OCH3 is 2. The van der Waals surface area contributed by atoms with Crippen molar-refractivity contribution < 1.29 is 43.0 Å². The average molecular weight is 992 g/mol. The molecule has 0 spiro atoms. The summed E-state index contributed by atoms with van der Waals surface area (Å²) in [7, 11) is 8.48. The van der Waals surface area contributed by atoms with Crippen molar-refractivity contribution in [3.05, 3.63) is 65.7 Å². The second kappa shape index (κ2) is 29.7. The number of urea groups is 1. The molecule has 0 unspecified atom stereocenters. The Morgan fingerprint density at radius 1 is 0.789 bits per heavy atom. The van der Waals surface area contributed by atoms with E-state index in [-0.39, 0.29) is 73.1 Å². The van der Waals surface area contributed by atoms with Gasteiger partial charge in [-0.3, -0.25) is 33.7 Å². The third kappa shape index (κ3) is 18.2. The van der Waals surface area contributed by atoms with Gasteiger partial charge in [0.2, 0.25) is 35.4 Å². The van der Waals surface area contributed by atoms with Crippen molar-refractivity contribution in [1.29, 1.82) is 0 Å². The number of rotatable bonds is 29. The normalized spacial score (nSPS) is 17.1. The lowest BCUT2D eigenvalue weighted by atomic mass is 9.89. The van der Waals surface area contributed by atoms with Crippen molar-refractivity contribution >= 4 is 47.2 Å². The molecule has 396 valence electrons. The van der Waals surface area contributed by atoms with E-state index in [2.05, 4.69) is 26.6 Å². The molecule has 1 aliphatic heterocycles. The third-order valence-corrected chi connectivity index (χ3v) is 13.7. The van der Waals surface area contributed by atoms with Gasteiger partial charge in [0.25, 0.3) is 0 Å². The minimum atomic E-state index is -0.934. The van der Waals surface area contributed by atoms with E-state index < -0.39 is 60.3 Å². The van der Waals surface area contributed by atoms with Crippen molar-refractivity contribution in [3.8, 4) is 0 Å². The van der Waals surface area contributed by atoms with E-state index in [0.717, 1.165) is 11.1 Å². The molecule has 0 radical (unpaired) electrons. The van der Waals surface area contributed by atoms with Crippen LogP contribution in [-0.2, 0) is 51.2 Å². The van der Waals surface area contributed by atoms with Crippen LogP contribution in [0, 0.1) is 23.7 Å². The van der Waals surface area contributed by atoms with Crippen molar-refractivity contribution in [2.24, 2.45) is 29.4 Å². The zero-order chi connectivity index (χ0) is 52.9. The van der Waals surface area contributed by atoms with Crippen LogP contribution in [0.1, 0.15) is 105 Å². The highest BCUT2D eigenvalue weighted by atomic mass is 16.5. The van der Waals surface area contributed by atoms with Crippen LogP contribution >= 0.6 is 0 Å². The SMILES string of the molecule is CC[C@H](C)[C@@H]([C@@H](CC(=O)N1CCC[C@H]1[C@H](OC)[C@@H](C)C(=O)N[C@@H](Cc1ccccc1)C(=O)NCc1ccc(NC(=O)CCCCNC(N)=O)cc1)OC)N(C)C(=O)[C@@H](NC(=O)[C@H](C(C)C)N(C)C)C(C)C. The number of carbonyl (C=O) groups is 7. The van der Waals surface area contributed by atoms with Gasteiger partial charge in [-0.1, -0.05) is 97.4 Å². The number of unbranched alkanes of at least 4 members (excludes halogenated alkanes) is 1. The Bertz CT molecular complexity index is 2010. The smallest absolute Gasteiger partial charge is 0.312 e. The molecule has 9 atom stereocenters. The lowest BCUT2D eigenvalue weighted by molar-refractivity contribution is -0.148. The quantitative estimate of drug-likeness (QED) is 0.0627. The number of amides is 8. The number of nitrogens with zero attached hydrogens (tertiary/aromatic N) is 3. The average Bonchev–Trinajstić information content (AvgIpc) is 3.81. The predicted molar refractivity (Wildman–Crippen MR) is 276 cm³/mol. The Kier molecular flexibility index (Phi) is 25.0. The van der Waals surface area contributed by atoms with Gasteiger partial charge in [0.05, 0.1) is 42.7 Å². The molecule has 1 saturated heterocycles. The van der Waals surface area contributed by atoms with E-state index in [0.29, 0.717) is 50.9 Å². The molecule has 7 N–H and O–H groups in total. The predicted octanol–water partition coefficient (Wildman–Crippen LogP) is 4.45. The number of benzene rings is 2. The summed E-state index contributed by atoms with van der Waals surface area (Å²) in [6.07, 6.45) is 2.29. The van der Waals surface area contributed by atoms with Gasteiger partial charge in [-0.05, 0) is 80.8 Å². The maximum atomic E-state index is 14.5. The zero-order valence-electron chi connectivity index (χ0n) is 44.4. The topological polar surface area (TPSA) is 234 Å². The van der Waals surface area contributed by atoms with Gasteiger partial charge >= 0.3 is 6.03 Å². The van der Waals surface area contributed by atoms with Gasteiger partial charge in [-0.25, -0.2) is 4.79 Å². The molecular formula is C53H85N9O9. The summed E-state index contributed by atoms with van der Waals surface area (Å²) in [5, 5.41) is 14.3. The lowest BCUT2D eigenvalue weighted by Gasteiger charge is -2.41. The number of likely N-dealkylation sites (N-methyl/N-ethyl adjacent to an activating group) is 2. The first-order valence-electron chi connectivity index (χ1n) is 25.3. The van der Waals surface area contributed by atoms with Crippen molar-refractivity contribution in [2.75, 3.05) is 53.8 Å². The number of nitrogens with two attached hydrogens (primary N) is 1. The number of hydrogen-bond acceptors (Lipinski definition) is 10. The molecule has 18 heteroatoms. The number of anilines is 1. The fraction of sp³-hybridized carbons (Fsp3) is 0.642. The second-order valence-corrected chi connectivity index (χ2v) is 19.9. The van der Waals surface area contributed by atoms with E-state index in [1.54, 1.807) is 55.1 Å². The highest BCUT2D eigenvalue weighted by Gasteiger charge is 2.43. The molecule has 3 rings (SSSR count). The standard InChI is InChI=1S/C53H85N9O9/c1-13-35(6)47(61(10)52(68)45(33(2)3)59-51(67)46(34(4)5)60(8)9)42(70-11)31-44(64)62-29-19-22-41(62)48(71-12)36(7)49(65)58-40(30-37-20-15-14-16-21-37)50(66)56-32-38-24-26-39(27-25-38)57-43(63)23-17-18-28-55-53(54)69/h14-16,20-21,24-27,33-36,40-42,45-48H,13,17-19,22-23,28-32H2,1-12H3,(H,56,66)(H,57,63)(H,58,65)(H,59,67)(H3,54,55,69)/t35-,36+,40-,41-,42+,45-,46-,47-,48+/m0/s1. The van der Waals surface area contributed by atoms with E-state index in [1.165, 1.54) is 7.11 Å². The van der Waals surface area contributed by atoms with Crippen molar-refractivity contribution in [2.45, 2.75) is 149 Å². The van der Waals surface area contributed by atoms with Crippen molar-refractivity contribution in [3.63, 3.8) is 0 Å². The van der Waals surface area contributed by atoms with Crippen LogP contribution in [0.25, 0.3) is 0 Å². The number of primary amides is 1. The second-order valence-electron chi connectivity index (χ2n) is 19.9. The fourth-order valence-electron chi connectivity index (χ4n) is 9.64. The van der Waals surface area contributed by atoms with Crippen LogP contribution in [-0.4, -0.2) is 147 Å². The van der Waals surface area contributed by atoms with Crippen LogP contribution in [0.3, 0.4) is 0 Å².